The first kappa shape index (κ1) is 21.5. The van der Waals surface area contributed by atoms with Crippen LogP contribution in [0.3, 0.4) is 0 Å². The van der Waals surface area contributed by atoms with Gasteiger partial charge in [-0.15, -0.1) is 0 Å². The molecule has 1 fully saturated rings. The van der Waals surface area contributed by atoms with Gasteiger partial charge in [-0.05, 0) is 38.1 Å². The molecule has 1 aromatic rings. The molecule has 0 spiro atoms. The lowest BCUT2D eigenvalue weighted by Crippen LogP contribution is -2.56. The second-order valence-corrected chi connectivity index (χ2v) is 7.20. The summed E-state index contributed by atoms with van der Waals surface area (Å²) in [5.74, 6) is 0.842. The van der Waals surface area contributed by atoms with Crippen LogP contribution in [0.2, 0.25) is 0 Å². The van der Waals surface area contributed by atoms with Crippen LogP contribution in [0, 0.1) is 5.41 Å². The van der Waals surface area contributed by atoms with Crippen LogP contribution < -0.4 is 14.8 Å². The molecule has 0 unspecified atom stereocenters. The monoisotopic (exact) mass is 391 g/mol. The number of hydrogen-bond acceptors (Lipinski definition) is 5. The van der Waals surface area contributed by atoms with Crippen molar-refractivity contribution in [2.45, 2.75) is 20.8 Å². The fraction of sp³-hybridized carbons (Fsp3) is 0.550. The summed E-state index contributed by atoms with van der Waals surface area (Å²) in [7, 11) is 1.59. The largest absolute Gasteiger partial charge is 0.497 e. The molecule has 0 saturated carbocycles. The van der Waals surface area contributed by atoms with Gasteiger partial charge in [0, 0.05) is 33.1 Å². The van der Waals surface area contributed by atoms with Gasteiger partial charge >= 0.3 is 0 Å². The second kappa shape index (κ2) is 9.43. The number of amides is 3. The molecule has 0 aromatic heterocycles. The topological polar surface area (TPSA) is 88.2 Å². The molecule has 28 heavy (non-hydrogen) atoms. The van der Waals surface area contributed by atoms with Gasteiger partial charge in [0.25, 0.3) is 0 Å². The van der Waals surface area contributed by atoms with Crippen molar-refractivity contribution in [1.82, 2.24) is 15.1 Å². The lowest BCUT2D eigenvalue weighted by Gasteiger charge is -2.37. The Morgan fingerprint density at radius 3 is 2.07 bits per heavy atom. The number of carbonyl (C=O) groups is 3. The maximum absolute atomic E-state index is 12.8. The summed E-state index contributed by atoms with van der Waals surface area (Å²) in [5.41, 5.74) is -1.18. The molecule has 2 rings (SSSR count). The van der Waals surface area contributed by atoms with Crippen LogP contribution in [0.25, 0.3) is 0 Å². The van der Waals surface area contributed by atoms with Gasteiger partial charge in [0.05, 0.1) is 13.7 Å². The molecule has 1 aliphatic rings. The van der Waals surface area contributed by atoms with Crippen molar-refractivity contribution < 1.29 is 23.9 Å². The summed E-state index contributed by atoms with van der Waals surface area (Å²) < 4.78 is 10.7. The Morgan fingerprint density at radius 1 is 1.00 bits per heavy atom. The molecule has 0 atom stereocenters. The Bertz CT molecular complexity index is 694. The van der Waals surface area contributed by atoms with Crippen molar-refractivity contribution in [1.29, 1.82) is 0 Å². The maximum Gasteiger partial charge on any atom is 0.237 e. The smallest absolute Gasteiger partial charge is 0.237 e. The van der Waals surface area contributed by atoms with E-state index in [9.17, 15) is 14.4 Å². The van der Waals surface area contributed by atoms with Gasteiger partial charge in [-0.3, -0.25) is 14.4 Å². The van der Waals surface area contributed by atoms with Crippen LogP contribution in [-0.4, -0.2) is 74.0 Å². The van der Waals surface area contributed by atoms with Crippen LogP contribution >= 0.6 is 0 Å². The minimum atomic E-state index is -1.18. The van der Waals surface area contributed by atoms with E-state index in [0.29, 0.717) is 45.1 Å². The second-order valence-electron chi connectivity index (χ2n) is 7.20. The van der Waals surface area contributed by atoms with E-state index in [0.717, 1.165) is 5.75 Å². The van der Waals surface area contributed by atoms with E-state index in [1.165, 1.54) is 6.92 Å². The molecule has 154 valence electrons. The Kier molecular flexibility index (Phi) is 7.25. The molecule has 0 bridgehead atoms. The predicted octanol–water partition coefficient (Wildman–Crippen LogP) is 0.907. The van der Waals surface area contributed by atoms with Gasteiger partial charge < -0.3 is 24.6 Å². The highest BCUT2D eigenvalue weighted by molar-refractivity contribution is 6.04. The van der Waals surface area contributed by atoms with Crippen LogP contribution in [-0.2, 0) is 14.4 Å². The molecule has 1 aromatic carbocycles. The van der Waals surface area contributed by atoms with E-state index < -0.39 is 5.41 Å². The van der Waals surface area contributed by atoms with Crippen LogP contribution in [0.15, 0.2) is 24.3 Å². The molecule has 8 nitrogen and oxygen atoms in total. The highest BCUT2D eigenvalue weighted by Crippen LogP contribution is 2.21. The number of piperazine rings is 1. The minimum Gasteiger partial charge on any atom is -0.497 e. The van der Waals surface area contributed by atoms with E-state index >= 15 is 0 Å². The summed E-state index contributed by atoms with van der Waals surface area (Å²) in [6.07, 6.45) is 0. The fourth-order valence-electron chi connectivity index (χ4n) is 2.94. The van der Waals surface area contributed by atoms with Crippen molar-refractivity contribution >= 4 is 17.7 Å². The van der Waals surface area contributed by atoms with Crippen molar-refractivity contribution in [2.24, 2.45) is 5.41 Å². The summed E-state index contributed by atoms with van der Waals surface area (Å²) in [5, 5.41) is 2.76. The average Bonchev–Trinajstić information content (AvgIpc) is 2.70. The summed E-state index contributed by atoms with van der Waals surface area (Å²) in [6.45, 7) is 7.20. The molecule has 1 saturated heterocycles. The number of nitrogens with one attached hydrogen (secondary N) is 1. The predicted molar refractivity (Wildman–Crippen MR) is 104 cm³/mol. The highest BCUT2D eigenvalue weighted by atomic mass is 16.5. The molecular weight excluding hydrogens is 362 g/mol. The molecular formula is C20H29N3O5. The SMILES string of the molecule is COc1ccc(OCCNC(=O)C(C)(C)C(=O)N2CCN(C(C)=O)CC2)cc1. The first-order valence-electron chi connectivity index (χ1n) is 9.35. The molecule has 3 amide bonds. The lowest BCUT2D eigenvalue weighted by molar-refractivity contribution is -0.151. The third-order valence-corrected chi connectivity index (χ3v) is 4.83. The van der Waals surface area contributed by atoms with E-state index in [-0.39, 0.29) is 17.7 Å². The van der Waals surface area contributed by atoms with Crippen molar-refractivity contribution in [3.63, 3.8) is 0 Å². The quantitative estimate of drug-likeness (QED) is 0.551. The highest BCUT2D eigenvalue weighted by Gasteiger charge is 2.40. The third-order valence-electron chi connectivity index (χ3n) is 4.83. The molecule has 0 aliphatic carbocycles. The van der Waals surface area contributed by atoms with Gasteiger partial charge in [-0.1, -0.05) is 0 Å². The zero-order chi connectivity index (χ0) is 20.7. The van der Waals surface area contributed by atoms with Crippen LogP contribution in [0.5, 0.6) is 11.5 Å². The molecule has 1 N–H and O–H groups in total. The molecule has 1 heterocycles. The minimum absolute atomic E-state index is 0.000891. The number of methoxy groups -OCH3 is 1. The number of carbonyl (C=O) groups excluding carboxylic acids is 3. The first-order valence-corrected chi connectivity index (χ1v) is 9.35. The van der Waals surface area contributed by atoms with E-state index in [1.54, 1.807) is 55.0 Å². The van der Waals surface area contributed by atoms with Gasteiger partial charge in [0.2, 0.25) is 17.7 Å². The number of ether oxygens (including phenoxy) is 2. The zero-order valence-electron chi connectivity index (χ0n) is 17.0. The standard InChI is InChI=1S/C20H29N3O5/c1-15(24)22-10-12-23(13-11-22)19(26)20(2,3)18(25)21-9-14-28-17-7-5-16(27-4)6-8-17/h5-8H,9-14H2,1-4H3,(H,21,25). The van der Waals surface area contributed by atoms with Crippen LogP contribution in [0.4, 0.5) is 0 Å². The summed E-state index contributed by atoms with van der Waals surface area (Å²) >= 11 is 0. The van der Waals surface area contributed by atoms with E-state index in [2.05, 4.69) is 5.32 Å². The third kappa shape index (κ3) is 5.37. The first-order chi connectivity index (χ1) is 13.3. The zero-order valence-corrected chi connectivity index (χ0v) is 17.0. The number of hydrogen-bond donors (Lipinski definition) is 1. The average molecular weight is 391 g/mol. The van der Waals surface area contributed by atoms with Gasteiger partial charge in [-0.2, -0.15) is 0 Å². The number of rotatable bonds is 7. The summed E-state index contributed by atoms with van der Waals surface area (Å²) in [6, 6.07) is 7.16. The van der Waals surface area contributed by atoms with Crippen LogP contribution in [0.1, 0.15) is 20.8 Å². The number of benzene rings is 1. The van der Waals surface area contributed by atoms with Crippen molar-refractivity contribution in [3.8, 4) is 11.5 Å². The lowest BCUT2D eigenvalue weighted by atomic mass is 9.90. The van der Waals surface area contributed by atoms with Gasteiger partial charge in [0.1, 0.15) is 23.5 Å². The molecule has 1 aliphatic heterocycles. The Balaban J connectivity index is 1.78. The number of nitrogens with zero attached hydrogens (tertiary/aromatic N) is 2. The Labute approximate surface area is 165 Å². The Hall–Kier alpha value is -2.77. The fourth-order valence-corrected chi connectivity index (χ4v) is 2.94. The maximum atomic E-state index is 12.8. The van der Waals surface area contributed by atoms with Crippen molar-refractivity contribution in [2.75, 3.05) is 46.4 Å². The van der Waals surface area contributed by atoms with Gasteiger partial charge in [-0.25, -0.2) is 0 Å². The normalized spacial score (nSPS) is 14.4. The van der Waals surface area contributed by atoms with E-state index in [1.807, 2.05) is 0 Å². The van der Waals surface area contributed by atoms with Crippen molar-refractivity contribution in [3.05, 3.63) is 24.3 Å². The Morgan fingerprint density at radius 2 is 1.54 bits per heavy atom. The molecule has 8 heteroatoms. The summed E-state index contributed by atoms with van der Waals surface area (Å²) in [4.78, 5) is 40.0. The van der Waals surface area contributed by atoms with Gasteiger partial charge in [0.15, 0.2) is 0 Å². The molecule has 0 radical (unpaired) electrons. The van der Waals surface area contributed by atoms with E-state index in [4.69, 9.17) is 9.47 Å².